The third-order valence-corrected chi connectivity index (χ3v) is 5.01. The molecule has 0 aliphatic carbocycles. The predicted octanol–water partition coefficient (Wildman–Crippen LogP) is 5.19. The molecule has 0 radical (unpaired) electrons. The Hall–Kier alpha value is -2.83. The molecule has 2 aromatic rings. The first-order valence-electron chi connectivity index (χ1n) is 11.6. The van der Waals surface area contributed by atoms with Gasteiger partial charge in [0.15, 0.2) is 0 Å². The maximum Gasteiger partial charge on any atom is 0.318 e. The number of anilines is 1. The number of hydrogen-bond donors (Lipinski definition) is 2. The fraction of sp³-hybridized carbons (Fsp3) is 0.577. The Bertz CT molecular complexity index is 993. The van der Waals surface area contributed by atoms with E-state index in [2.05, 4.69) is 44.4 Å². The number of nitrogens with zero attached hydrogens (tertiary/aromatic N) is 3. The molecular formula is C26H41N5O2. The van der Waals surface area contributed by atoms with Crippen LogP contribution in [0.3, 0.4) is 0 Å². The first-order valence-corrected chi connectivity index (χ1v) is 11.6. The van der Waals surface area contributed by atoms with Crippen molar-refractivity contribution in [2.75, 3.05) is 18.4 Å². The number of urea groups is 1. The molecule has 0 fully saturated rings. The third kappa shape index (κ3) is 7.62. The minimum absolute atomic E-state index is 0.0387. The SMILES string of the molecule is Cc1ccc(-n2nc(C(C)(C)C)cc2NC(=O)CN(CC(C)C)C(=O)NC(C)(C)C)c(C)c1. The highest BCUT2D eigenvalue weighted by atomic mass is 16.2. The number of aryl methyl sites for hydroxylation is 2. The zero-order valence-electron chi connectivity index (χ0n) is 22.0. The van der Waals surface area contributed by atoms with Crippen molar-refractivity contribution in [2.45, 2.75) is 80.2 Å². The molecular weight excluding hydrogens is 414 g/mol. The van der Waals surface area contributed by atoms with Gasteiger partial charge in [-0.15, -0.1) is 0 Å². The van der Waals surface area contributed by atoms with Gasteiger partial charge in [-0.25, -0.2) is 9.48 Å². The van der Waals surface area contributed by atoms with Crippen molar-refractivity contribution >= 4 is 17.8 Å². The quantitative estimate of drug-likeness (QED) is 0.629. The summed E-state index contributed by atoms with van der Waals surface area (Å²) in [7, 11) is 0. The maximum absolute atomic E-state index is 13.1. The largest absolute Gasteiger partial charge is 0.333 e. The Kier molecular flexibility index (Phi) is 7.99. The van der Waals surface area contributed by atoms with Crippen molar-refractivity contribution in [3.05, 3.63) is 41.1 Å². The van der Waals surface area contributed by atoms with Gasteiger partial charge in [-0.3, -0.25) is 4.79 Å². The van der Waals surface area contributed by atoms with Crippen LogP contribution in [0.5, 0.6) is 0 Å². The lowest BCUT2D eigenvalue weighted by atomic mass is 9.92. The highest BCUT2D eigenvalue weighted by Crippen LogP contribution is 2.27. The van der Waals surface area contributed by atoms with Gasteiger partial charge in [0.25, 0.3) is 0 Å². The fourth-order valence-corrected chi connectivity index (χ4v) is 3.48. The van der Waals surface area contributed by atoms with Gasteiger partial charge in [0, 0.05) is 23.6 Å². The Morgan fingerprint density at radius 1 is 1.06 bits per heavy atom. The molecule has 1 aromatic carbocycles. The van der Waals surface area contributed by atoms with Crippen molar-refractivity contribution in [3.8, 4) is 5.69 Å². The molecule has 0 atom stereocenters. The molecule has 1 aromatic heterocycles. The second kappa shape index (κ2) is 9.98. The molecule has 0 aliphatic rings. The van der Waals surface area contributed by atoms with E-state index in [1.165, 1.54) is 5.56 Å². The second-order valence-electron chi connectivity index (χ2n) is 11.4. The average Bonchev–Trinajstić information content (AvgIpc) is 3.03. The summed E-state index contributed by atoms with van der Waals surface area (Å²) >= 11 is 0. The van der Waals surface area contributed by atoms with Crippen LogP contribution in [0.4, 0.5) is 10.6 Å². The van der Waals surface area contributed by atoms with Gasteiger partial charge < -0.3 is 15.5 Å². The minimum atomic E-state index is -0.383. The first-order chi connectivity index (χ1) is 15.1. The first kappa shape index (κ1) is 26.4. The third-order valence-electron chi connectivity index (χ3n) is 5.01. The van der Waals surface area contributed by atoms with Crippen LogP contribution >= 0.6 is 0 Å². The maximum atomic E-state index is 13.1. The highest BCUT2D eigenvalue weighted by Gasteiger charge is 2.25. The van der Waals surface area contributed by atoms with E-state index in [1.54, 1.807) is 9.58 Å². The Labute approximate surface area is 198 Å². The summed E-state index contributed by atoms with van der Waals surface area (Å²) in [5.74, 6) is 0.570. The smallest absolute Gasteiger partial charge is 0.318 e. The standard InChI is InChI=1S/C26H41N5O2/c1-17(2)15-30(24(33)28-26(8,9)10)16-23(32)27-22-14-21(25(5,6)7)29-31(22)20-12-11-18(3)13-19(20)4/h11-14,17H,15-16H2,1-10H3,(H,27,32)(H,28,33). The van der Waals surface area contributed by atoms with E-state index in [4.69, 9.17) is 5.10 Å². The molecule has 0 spiro atoms. The van der Waals surface area contributed by atoms with Gasteiger partial charge in [-0.1, -0.05) is 52.3 Å². The number of amides is 3. The fourth-order valence-electron chi connectivity index (χ4n) is 3.48. The van der Waals surface area contributed by atoms with E-state index >= 15 is 0 Å². The topological polar surface area (TPSA) is 79.3 Å². The lowest BCUT2D eigenvalue weighted by molar-refractivity contribution is -0.116. The van der Waals surface area contributed by atoms with Crippen molar-refractivity contribution in [3.63, 3.8) is 0 Å². The van der Waals surface area contributed by atoms with Gasteiger partial charge in [-0.05, 0) is 52.2 Å². The monoisotopic (exact) mass is 455 g/mol. The predicted molar refractivity (Wildman–Crippen MR) is 135 cm³/mol. The van der Waals surface area contributed by atoms with Crippen molar-refractivity contribution in [2.24, 2.45) is 5.92 Å². The van der Waals surface area contributed by atoms with Crippen molar-refractivity contribution in [1.29, 1.82) is 0 Å². The molecule has 33 heavy (non-hydrogen) atoms. The van der Waals surface area contributed by atoms with Crippen LogP contribution < -0.4 is 10.6 Å². The molecule has 1 heterocycles. The molecule has 0 bridgehead atoms. The van der Waals surface area contributed by atoms with E-state index in [-0.39, 0.29) is 35.4 Å². The summed E-state index contributed by atoms with van der Waals surface area (Å²) in [5, 5.41) is 10.8. The van der Waals surface area contributed by atoms with E-state index < -0.39 is 0 Å². The molecule has 0 unspecified atom stereocenters. The Morgan fingerprint density at radius 3 is 2.21 bits per heavy atom. The Balaban J connectivity index is 2.34. The number of hydrogen-bond acceptors (Lipinski definition) is 3. The molecule has 0 aliphatic heterocycles. The number of carbonyl (C=O) groups excluding carboxylic acids is 2. The highest BCUT2D eigenvalue weighted by molar-refractivity contribution is 5.94. The molecule has 2 N–H and O–H groups in total. The normalized spacial score (nSPS) is 12.1. The summed E-state index contributed by atoms with van der Waals surface area (Å²) in [6.07, 6.45) is 0. The van der Waals surface area contributed by atoms with E-state index in [1.807, 2.05) is 59.7 Å². The zero-order valence-corrected chi connectivity index (χ0v) is 22.0. The Morgan fingerprint density at radius 2 is 1.70 bits per heavy atom. The van der Waals surface area contributed by atoms with Gasteiger partial charge in [-0.2, -0.15) is 5.10 Å². The van der Waals surface area contributed by atoms with Crippen LogP contribution in [0.2, 0.25) is 0 Å². The van der Waals surface area contributed by atoms with E-state index in [9.17, 15) is 9.59 Å². The van der Waals surface area contributed by atoms with Crippen LogP contribution in [0.15, 0.2) is 24.3 Å². The summed E-state index contributed by atoms with van der Waals surface area (Å²) in [6.45, 7) is 20.6. The molecule has 2 rings (SSSR count). The summed E-state index contributed by atoms with van der Waals surface area (Å²) < 4.78 is 1.79. The molecule has 0 saturated heterocycles. The lowest BCUT2D eigenvalue weighted by Gasteiger charge is -2.29. The number of benzene rings is 1. The van der Waals surface area contributed by atoms with E-state index in [0.29, 0.717) is 12.4 Å². The van der Waals surface area contributed by atoms with Gasteiger partial charge in [0.2, 0.25) is 5.91 Å². The summed E-state index contributed by atoms with van der Waals surface area (Å²) in [5.41, 5.74) is 3.46. The minimum Gasteiger partial charge on any atom is -0.333 e. The van der Waals surface area contributed by atoms with Crippen molar-refractivity contribution in [1.82, 2.24) is 20.0 Å². The zero-order chi connectivity index (χ0) is 25.1. The molecule has 182 valence electrons. The lowest BCUT2D eigenvalue weighted by Crippen LogP contribution is -2.51. The molecule has 3 amide bonds. The molecule has 7 heteroatoms. The number of carbonyl (C=O) groups is 2. The van der Waals surface area contributed by atoms with E-state index in [0.717, 1.165) is 16.9 Å². The molecule has 7 nitrogen and oxygen atoms in total. The van der Waals surface area contributed by atoms with Crippen LogP contribution in [-0.4, -0.2) is 45.2 Å². The average molecular weight is 456 g/mol. The van der Waals surface area contributed by atoms with Crippen LogP contribution in [0.1, 0.15) is 72.2 Å². The van der Waals surface area contributed by atoms with Crippen molar-refractivity contribution < 1.29 is 9.59 Å². The second-order valence-corrected chi connectivity index (χ2v) is 11.4. The number of nitrogens with one attached hydrogen (secondary N) is 2. The van der Waals surface area contributed by atoms with Gasteiger partial charge >= 0.3 is 6.03 Å². The molecule has 0 saturated carbocycles. The van der Waals surface area contributed by atoms with Gasteiger partial charge in [0.1, 0.15) is 12.4 Å². The van der Waals surface area contributed by atoms with Crippen LogP contribution in [0, 0.1) is 19.8 Å². The summed E-state index contributed by atoms with van der Waals surface area (Å²) in [4.78, 5) is 27.4. The van der Waals surface area contributed by atoms with Crippen LogP contribution in [-0.2, 0) is 10.2 Å². The van der Waals surface area contributed by atoms with Crippen LogP contribution in [0.25, 0.3) is 5.69 Å². The number of rotatable bonds is 6. The number of aromatic nitrogens is 2. The summed E-state index contributed by atoms with van der Waals surface area (Å²) in [6, 6.07) is 7.82. The van der Waals surface area contributed by atoms with Gasteiger partial charge in [0.05, 0.1) is 11.4 Å².